The molecule has 74 valence electrons. The fourth-order valence-corrected chi connectivity index (χ4v) is 0.865. The molecule has 0 aromatic heterocycles. The predicted molar refractivity (Wildman–Crippen MR) is 58.8 cm³/mol. The minimum absolute atomic E-state index is 0.138. The minimum atomic E-state index is -0.907. The van der Waals surface area contributed by atoms with Gasteiger partial charge < -0.3 is 5.11 Å². The lowest BCUT2D eigenvalue weighted by Gasteiger charge is -2.20. The minimum Gasteiger partial charge on any atom is -0.378 e. The van der Waals surface area contributed by atoms with E-state index in [1.807, 2.05) is 44.2 Å². The van der Waals surface area contributed by atoms with Gasteiger partial charge in [0, 0.05) is 5.56 Å². The molecule has 0 saturated heterocycles. The van der Waals surface area contributed by atoms with Gasteiger partial charge in [0.25, 0.3) is 0 Å². The second-order valence-electron chi connectivity index (χ2n) is 3.92. The van der Waals surface area contributed by atoms with Gasteiger partial charge in [0.1, 0.15) is 5.60 Å². The molecule has 0 aliphatic carbocycles. The molecule has 1 N–H and O–H groups in total. The molecule has 0 radical (unpaired) electrons. The van der Waals surface area contributed by atoms with Crippen LogP contribution in [-0.4, -0.2) is 10.7 Å². The summed E-state index contributed by atoms with van der Waals surface area (Å²) in [6, 6.07) is 9.70. The first-order valence-electron chi connectivity index (χ1n) is 4.83. The molecule has 0 aliphatic heterocycles. The molecule has 1 heteroatoms. The van der Waals surface area contributed by atoms with E-state index < -0.39 is 5.60 Å². The Kier molecular flexibility index (Phi) is 3.33. The van der Waals surface area contributed by atoms with Gasteiger partial charge in [-0.25, -0.2) is 0 Å². The zero-order valence-electron chi connectivity index (χ0n) is 8.91. The third-order valence-electron chi connectivity index (χ3n) is 2.36. The SMILES string of the molecule is CC(C)[C@@](C)(O)C#Cc1ccccc1. The van der Waals surface area contributed by atoms with Crippen LogP contribution in [-0.2, 0) is 0 Å². The van der Waals surface area contributed by atoms with E-state index in [0.29, 0.717) is 0 Å². The highest BCUT2D eigenvalue weighted by Gasteiger charge is 2.21. The molecular weight excluding hydrogens is 172 g/mol. The van der Waals surface area contributed by atoms with Gasteiger partial charge in [-0.05, 0) is 25.0 Å². The van der Waals surface area contributed by atoms with Crippen molar-refractivity contribution < 1.29 is 5.11 Å². The lowest BCUT2D eigenvalue weighted by molar-refractivity contribution is 0.0726. The third kappa shape index (κ3) is 2.90. The summed E-state index contributed by atoms with van der Waals surface area (Å²) >= 11 is 0. The Balaban J connectivity index is 2.83. The van der Waals surface area contributed by atoms with E-state index in [4.69, 9.17) is 0 Å². The average molecular weight is 188 g/mol. The number of aliphatic hydroxyl groups is 1. The second kappa shape index (κ2) is 4.30. The van der Waals surface area contributed by atoms with Crippen molar-refractivity contribution in [2.45, 2.75) is 26.4 Å². The first-order valence-corrected chi connectivity index (χ1v) is 4.83. The van der Waals surface area contributed by atoms with Crippen LogP contribution in [0.25, 0.3) is 0 Å². The molecule has 0 amide bonds. The van der Waals surface area contributed by atoms with Crippen LogP contribution in [0.5, 0.6) is 0 Å². The average Bonchev–Trinajstić information content (AvgIpc) is 2.16. The van der Waals surface area contributed by atoms with Gasteiger partial charge in [-0.15, -0.1) is 0 Å². The lowest BCUT2D eigenvalue weighted by Crippen LogP contribution is -2.28. The van der Waals surface area contributed by atoms with Crippen molar-refractivity contribution in [3.8, 4) is 11.8 Å². The Morgan fingerprint density at radius 1 is 1.21 bits per heavy atom. The normalized spacial score (nSPS) is 14.4. The Hall–Kier alpha value is -1.26. The largest absolute Gasteiger partial charge is 0.378 e. The number of benzene rings is 1. The summed E-state index contributed by atoms with van der Waals surface area (Å²) in [4.78, 5) is 0. The van der Waals surface area contributed by atoms with E-state index in [0.717, 1.165) is 5.56 Å². The summed E-state index contributed by atoms with van der Waals surface area (Å²) < 4.78 is 0. The summed E-state index contributed by atoms with van der Waals surface area (Å²) in [6.07, 6.45) is 0. The van der Waals surface area contributed by atoms with Crippen LogP contribution in [0.1, 0.15) is 26.3 Å². The maximum Gasteiger partial charge on any atom is 0.125 e. The van der Waals surface area contributed by atoms with E-state index in [-0.39, 0.29) is 5.92 Å². The first kappa shape index (κ1) is 10.8. The topological polar surface area (TPSA) is 20.2 Å². The second-order valence-corrected chi connectivity index (χ2v) is 3.92. The highest BCUT2D eigenvalue weighted by molar-refractivity contribution is 5.35. The Labute approximate surface area is 85.8 Å². The molecule has 0 heterocycles. The highest BCUT2D eigenvalue weighted by Crippen LogP contribution is 2.14. The van der Waals surface area contributed by atoms with Crippen LogP contribution in [0, 0.1) is 17.8 Å². The van der Waals surface area contributed by atoms with E-state index >= 15 is 0 Å². The molecule has 1 atom stereocenters. The van der Waals surface area contributed by atoms with E-state index in [2.05, 4.69) is 11.8 Å². The fraction of sp³-hybridized carbons (Fsp3) is 0.385. The van der Waals surface area contributed by atoms with Crippen molar-refractivity contribution in [3.05, 3.63) is 35.9 Å². The van der Waals surface area contributed by atoms with Crippen LogP contribution in [0.3, 0.4) is 0 Å². The Morgan fingerprint density at radius 3 is 2.29 bits per heavy atom. The standard InChI is InChI=1S/C13H16O/c1-11(2)13(3,14)10-9-12-7-5-4-6-8-12/h4-8,11,14H,1-3H3/t13-/m0/s1. The molecule has 1 aromatic rings. The van der Waals surface area contributed by atoms with Gasteiger partial charge in [0.15, 0.2) is 0 Å². The summed E-state index contributed by atoms with van der Waals surface area (Å²) in [5.41, 5.74) is 0.0315. The Bertz CT molecular complexity index is 338. The maximum atomic E-state index is 9.88. The van der Waals surface area contributed by atoms with Crippen LogP contribution in [0.2, 0.25) is 0 Å². The van der Waals surface area contributed by atoms with Crippen LogP contribution in [0.15, 0.2) is 30.3 Å². The summed E-state index contributed by atoms with van der Waals surface area (Å²) in [6.45, 7) is 5.66. The number of hydrogen-bond acceptors (Lipinski definition) is 1. The molecule has 1 rings (SSSR count). The molecule has 14 heavy (non-hydrogen) atoms. The van der Waals surface area contributed by atoms with Crippen molar-refractivity contribution >= 4 is 0 Å². The molecule has 0 spiro atoms. The predicted octanol–water partition coefficient (Wildman–Crippen LogP) is 2.45. The lowest BCUT2D eigenvalue weighted by atomic mass is 9.93. The van der Waals surface area contributed by atoms with Gasteiger partial charge in [0.2, 0.25) is 0 Å². The first-order chi connectivity index (χ1) is 6.52. The van der Waals surface area contributed by atoms with Crippen LogP contribution in [0.4, 0.5) is 0 Å². The maximum absolute atomic E-state index is 9.88. The smallest absolute Gasteiger partial charge is 0.125 e. The molecule has 0 fully saturated rings. The molecule has 0 bridgehead atoms. The fourth-order valence-electron chi connectivity index (χ4n) is 0.865. The molecule has 0 saturated carbocycles. The van der Waals surface area contributed by atoms with E-state index in [1.54, 1.807) is 6.92 Å². The molecule has 0 aliphatic rings. The summed E-state index contributed by atoms with van der Waals surface area (Å²) in [5, 5.41) is 9.88. The van der Waals surface area contributed by atoms with Crippen LogP contribution < -0.4 is 0 Å². The zero-order valence-corrected chi connectivity index (χ0v) is 8.91. The zero-order chi connectivity index (χ0) is 10.6. The van der Waals surface area contributed by atoms with Crippen molar-refractivity contribution in [1.82, 2.24) is 0 Å². The van der Waals surface area contributed by atoms with Crippen LogP contribution >= 0.6 is 0 Å². The molecule has 0 unspecified atom stereocenters. The van der Waals surface area contributed by atoms with E-state index in [1.165, 1.54) is 0 Å². The quantitative estimate of drug-likeness (QED) is 0.671. The summed E-state index contributed by atoms with van der Waals surface area (Å²) in [5.74, 6) is 5.98. The van der Waals surface area contributed by atoms with E-state index in [9.17, 15) is 5.11 Å². The van der Waals surface area contributed by atoms with Gasteiger partial charge >= 0.3 is 0 Å². The van der Waals surface area contributed by atoms with Gasteiger partial charge in [0.05, 0.1) is 0 Å². The Morgan fingerprint density at radius 2 is 1.79 bits per heavy atom. The summed E-state index contributed by atoms with van der Waals surface area (Å²) in [7, 11) is 0. The molecule has 1 aromatic carbocycles. The molecular formula is C13H16O. The highest BCUT2D eigenvalue weighted by atomic mass is 16.3. The van der Waals surface area contributed by atoms with Gasteiger partial charge in [-0.2, -0.15) is 0 Å². The van der Waals surface area contributed by atoms with Gasteiger partial charge in [-0.3, -0.25) is 0 Å². The van der Waals surface area contributed by atoms with Crippen molar-refractivity contribution in [2.24, 2.45) is 5.92 Å². The van der Waals surface area contributed by atoms with Crippen molar-refractivity contribution in [1.29, 1.82) is 0 Å². The third-order valence-corrected chi connectivity index (χ3v) is 2.36. The number of rotatable bonds is 1. The number of hydrogen-bond donors (Lipinski definition) is 1. The van der Waals surface area contributed by atoms with Crippen molar-refractivity contribution in [2.75, 3.05) is 0 Å². The monoisotopic (exact) mass is 188 g/mol. The molecule has 1 nitrogen and oxygen atoms in total. The van der Waals surface area contributed by atoms with Gasteiger partial charge in [-0.1, -0.05) is 43.9 Å². The van der Waals surface area contributed by atoms with Crippen molar-refractivity contribution in [3.63, 3.8) is 0 Å².